The van der Waals surface area contributed by atoms with E-state index in [9.17, 15) is 4.79 Å². The van der Waals surface area contributed by atoms with Crippen molar-refractivity contribution in [1.82, 2.24) is 15.2 Å². The molecule has 0 aliphatic heterocycles. The van der Waals surface area contributed by atoms with Crippen molar-refractivity contribution in [3.63, 3.8) is 0 Å². The maximum Gasteiger partial charge on any atom is 0.261 e. The molecule has 0 fully saturated rings. The number of carbonyl (C=O) groups is 1. The molecule has 3 aromatic rings. The molecule has 7 nitrogen and oxygen atoms in total. The number of hydrogen-bond acceptors (Lipinski definition) is 7. The summed E-state index contributed by atoms with van der Waals surface area (Å²) in [6.07, 6.45) is 1.68. The lowest BCUT2D eigenvalue weighted by atomic mass is 10.1. The number of methoxy groups -OCH3 is 2. The molecule has 0 saturated heterocycles. The summed E-state index contributed by atoms with van der Waals surface area (Å²) in [5.41, 5.74) is 1.06. The lowest BCUT2D eigenvalue weighted by molar-refractivity contribution is 0.102. The fraction of sp³-hybridized carbons (Fsp3) is 0.125. The van der Waals surface area contributed by atoms with E-state index < -0.39 is 0 Å². The van der Waals surface area contributed by atoms with Crippen molar-refractivity contribution in [2.45, 2.75) is 0 Å². The molecule has 3 rings (SSSR count). The number of anilines is 1. The van der Waals surface area contributed by atoms with E-state index in [0.717, 1.165) is 0 Å². The van der Waals surface area contributed by atoms with Crippen LogP contribution in [-0.2, 0) is 0 Å². The highest BCUT2D eigenvalue weighted by atomic mass is 32.1. The number of hydrogen-bond donors (Lipinski definition) is 1. The first kappa shape index (κ1) is 15.9. The smallest absolute Gasteiger partial charge is 0.261 e. The highest BCUT2D eigenvalue weighted by molar-refractivity contribution is 7.18. The molecule has 0 atom stereocenters. The zero-order chi connectivity index (χ0) is 16.9. The number of amides is 1. The molecule has 0 spiro atoms. The van der Waals surface area contributed by atoms with Crippen molar-refractivity contribution in [2.75, 3.05) is 19.5 Å². The molecule has 0 unspecified atom stereocenters. The molecule has 0 saturated carbocycles. The molecule has 1 amide bonds. The van der Waals surface area contributed by atoms with Gasteiger partial charge >= 0.3 is 0 Å². The van der Waals surface area contributed by atoms with Crippen molar-refractivity contribution in [3.8, 4) is 22.2 Å². The van der Waals surface area contributed by atoms with Crippen molar-refractivity contribution >= 4 is 22.4 Å². The summed E-state index contributed by atoms with van der Waals surface area (Å²) in [6, 6.07) is 10.6. The average molecular weight is 342 g/mol. The van der Waals surface area contributed by atoms with Gasteiger partial charge in [0.05, 0.1) is 19.8 Å². The van der Waals surface area contributed by atoms with Gasteiger partial charge in [0, 0.05) is 6.20 Å². The maximum atomic E-state index is 12.5. The van der Waals surface area contributed by atoms with E-state index in [1.165, 1.54) is 25.6 Å². The molecule has 8 heteroatoms. The Morgan fingerprint density at radius 1 is 1.08 bits per heavy atom. The second-order valence-electron chi connectivity index (χ2n) is 4.62. The molecule has 0 aliphatic carbocycles. The van der Waals surface area contributed by atoms with Gasteiger partial charge in [-0.15, -0.1) is 10.2 Å². The number of nitrogens with zero attached hydrogens (tertiary/aromatic N) is 3. The second kappa shape index (κ2) is 7.05. The number of nitrogens with one attached hydrogen (secondary N) is 1. The van der Waals surface area contributed by atoms with Crippen molar-refractivity contribution < 1.29 is 14.3 Å². The number of para-hydroxylation sites is 1. The Kier molecular flexibility index (Phi) is 4.66. The van der Waals surface area contributed by atoms with Crippen LogP contribution in [0.3, 0.4) is 0 Å². The maximum absolute atomic E-state index is 12.5. The standard InChI is InChI=1S/C16H14N4O3S/c1-22-12-8-5-6-10(13(12)23-2)14(21)18-16-20-19-15(24-16)11-7-3-4-9-17-11/h3-9H,1-2H3,(H,18,20,21). The Morgan fingerprint density at radius 2 is 1.96 bits per heavy atom. The minimum atomic E-state index is -0.352. The molecule has 2 aromatic heterocycles. The highest BCUT2D eigenvalue weighted by Gasteiger charge is 2.18. The lowest BCUT2D eigenvalue weighted by Crippen LogP contribution is -2.13. The quantitative estimate of drug-likeness (QED) is 0.767. The topological polar surface area (TPSA) is 86.2 Å². The van der Waals surface area contributed by atoms with E-state index in [-0.39, 0.29) is 5.91 Å². The van der Waals surface area contributed by atoms with E-state index in [2.05, 4.69) is 20.5 Å². The predicted octanol–water partition coefficient (Wildman–Crippen LogP) is 2.87. The third-order valence-electron chi connectivity index (χ3n) is 3.18. The largest absolute Gasteiger partial charge is 0.493 e. The van der Waals surface area contributed by atoms with Gasteiger partial charge in [0.15, 0.2) is 16.5 Å². The van der Waals surface area contributed by atoms with Crippen LogP contribution in [0.15, 0.2) is 42.6 Å². The van der Waals surface area contributed by atoms with E-state index in [1.807, 2.05) is 18.2 Å². The van der Waals surface area contributed by atoms with Gasteiger partial charge in [-0.2, -0.15) is 0 Å². The molecule has 2 heterocycles. The normalized spacial score (nSPS) is 10.2. The molecular weight excluding hydrogens is 328 g/mol. The van der Waals surface area contributed by atoms with Gasteiger partial charge in [-0.05, 0) is 24.3 Å². The average Bonchev–Trinajstić information content (AvgIpc) is 3.10. The summed E-state index contributed by atoms with van der Waals surface area (Å²) >= 11 is 1.24. The number of ether oxygens (including phenoxy) is 2. The number of benzene rings is 1. The predicted molar refractivity (Wildman–Crippen MR) is 90.6 cm³/mol. The summed E-state index contributed by atoms with van der Waals surface area (Å²) in [5.74, 6) is 0.498. The number of pyridine rings is 1. The SMILES string of the molecule is COc1cccc(C(=O)Nc2nnc(-c3ccccn3)s2)c1OC. The molecule has 1 aromatic carbocycles. The van der Waals surface area contributed by atoms with Crippen molar-refractivity contribution in [3.05, 3.63) is 48.2 Å². The summed E-state index contributed by atoms with van der Waals surface area (Å²) < 4.78 is 10.5. The fourth-order valence-corrected chi connectivity index (χ4v) is 2.81. The summed E-state index contributed by atoms with van der Waals surface area (Å²) in [4.78, 5) is 16.7. The number of carbonyl (C=O) groups excluding carboxylic acids is 1. The Labute approximate surface area is 142 Å². The van der Waals surface area contributed by atoms with Crippen LogP contribution in [0.1, 0.15) is 10.4 Å². The Hall–Kier alpha value is -3.00. The van der Waals surface area contributed by atoms with Crippen LogP contribution in [0.25, 0.3) is 10.7 Å². The van der Waals surface area contributed by atoms with Gasteiger partial charge in [-0.3, -0.25) is 15.1 Å². The van der Waals surface area contributed by atoms with E-state index in [1.54, 1.807) is 24.4 Å². The van der Waals surface area contributed by atoms with Gasteiger partial charge in [-0.25, -0.2) is 0 Å². The van der Waals surface area contributed by atoms with E-state index >= 15 is 0 Å². The molecule has 1 N–H and O–H groups in total. The van der Waals surface area contributed by atoms with Crippen molar-refractivity contribution in [2.24, 2.45) is 0 Å². The minimum absolute atomic E-state index is 0.352. The van der Waals surface area contributed by atoms with E-state index in [0.29, 0.717) is 32.9 Å². The van der Waals surface area contributed by atoms with Crippen LogP contribution in [0.4, 0.5) is 5.13 Å². The summed E-state index contributed by atoms with van der Waals surface area (Å²) in [7, 11) is 3.00. The lowest BCUT2D eigenvalue weighted by Gasteiger charge is -2.11. The first-order chi connectivity index (χ1) is 11.7. The molecule has 0 bridgehead atoms. The van der Waals surface area contributed by atoms with Crippen LogP contribution in [0, 0.1) is 0 Å². The molecule has 0 aliphatic rings. The third kappa shape index (κ3) is 3.18. The van der Waals surface area contributed by atoms with Crippen molar-refractivity contribution in [1.29, 1.82) is 0 Å². The van der Waals surface area contributed by atoms with Gasteiger partial charge in [-0.1, -0.05) is 23.5 Å². The summed E-state index contributed by atoms with van der Waals surface area (Å²) in [5, 5.41) is 11.8. The molecule has 122 valence electrons. The van der Waals surface area contributed by atoms with Crippen LogP contribution in [-0.4, -0.2) is 35.3 Å². The third-order valence-corrected chi connectivity index (χ3v) is 4.04. The molecular formula is C16H14N4O3S. The summed E-state index contributed by atoms with van der Waals surface area (Å²) in [6.45, 7) is 0. The van der Waals surface area contributed by atoms with Crippen LogP contribution < -0.4 is 14.8 Å². The Morgan fingerprint density at radius 3 is 2.67 bits per heavy atom. The first-order valence-electron chi connectivity index (χ1n) is 7.00. The van der Waals surface area contributed by atoms with E-state index in [4.69, 9.17) is 9.47 Å². The first-order valence-corrected chi connectivity index (χ1v) is 7.82. The van der Waals surface area contributed by atoms with Gasteiger partial charge in [0.2, 0.25) is 5.13 Å². The van der Waals surface area contributed by atoms with Crippen LogP contribution in [0.5, 0.6) is 11.5 Å². The van der Waals surface area contributed by atoms with Gasteiger partial charge in [0.1, 0.15) is 5.69 Å². The molecule has 24 heavy (non-hydrogen) atoms. The zero-order valence-corrected chi connectivity index (χ0v) is 13.8. The van der Waals surface area contributed by atoms with Gasteiger partial charge < -0.3 is 9.47 Å². The molecule has 0 radical (unpaired) electrons. The zero-order valence-electron chi connectivity index (χ0n) is 13.0. The Bertz CT molecular complexity index is 852. The van der Waals surface area contributed by atoms with Gasteiger partial charge in [0.25, 0.3) is 5.91 Å². The Balaban J connectivity index is 1.82. The minimum Gasteiger partial charge on any atom is -0.493 e. The van der Waals surface area contributed by atoms with Crippen LogP contribution >= 0.6 is 11.3 Å². The monoisotopic (exact) mass is 342 g/mol. The fourth-order valence-electron chi connectivity index (χ4n) is 2.10. The number of rotatable bonds is 5. The second-order valence-corrected chi connectivity index (χ2v) is 5.60. The number of aromatic nitrogens is 3. The van der Waals surface area contributed by atoms with Crippen LogP contribution in [0.2, 0.25) is 0 Å². The highest BCUT2D eigenvalue weighted by Crippen LogP contribution is 2.32.